The molecule has 1 aliphatic heterocycles. The molecule has 6 heteroatoms. The van der Waals surface area contributed by atoms with Gasteiger partial charge < -0.3 is 5.32 Å². The van der Waals surface area contributed by atoms with E-state index in [4.69, 9.17) is 0 Å². The standard InChI is InChI=1S/C18H23FN2O2S/c1-20-11-5-8-17-13-14-12-15(19)9-10-18(14)21(24(17,22)23)16-6-3-2-4-7-16/h2-4,6-7,9-10,12,17,20,22-23H,5,8,11,13H2,1H3. The van der Waals surface area contributed by atoms with Crippen LogP contribution in [0.5, 0.6) is 0 Å². The third-order valence-electron chi connectivity index (χ3n) is 4.37. The summed E-state index contributed by atoms with van der Waals surface area (Å²) in [6, 6.07) is 13.8. The number of fused-ring (bicyclic) bond motifs is 1. The molecule has 2 aromatic carbocycles. The number of benzene rings is 2. The lowest BCUT2D eigenvalue weighted by Gasteiger charge is -2.53. The van der Waals surface area contributed by atoms with Gasteiger partial charge in [0.15, 0.2) is 0 Å². The lowest BCUT2D eigenvalue weighted by molar-refractivity contribution is 0.454. The fourth-order valence-corrected chi connectivity index (χ4v) is 5.27. The largest absolute Gasteiger partial charge is 0.320 e. The highest BCUT2D eigenvalue weighted by Gasteiger charge is 2.39. The molecule has 130 valence electrons. The molecule has 0 saturated heterocycles. The molecule has 0 radical (unpaired) electrons. The Morgan fingerprint density at radius 3 is 2.67 bits per heavy atom. The molecule has 0 fully saturated rings. The van der Waals surface area contributed by atoms with Crippen LogP contribution in [0.3, 0.4) is 0 Å². The number of rotatable bonds is 5. The van der Waals surface area contributed by atoms with Gasteiger partial charge in [-0.3, -0.25) is 9.11 Å². The van der Waals surface area contributed by atoms with Crippen molar-refractivity contribution in [3.05, 3.63) is 59.9 Å². The minimum absolute atomic E-state index is 0.297. The summed E-state index contributed by atoms with van der Waals surface area (Å²) in [6.45, 7) is 0.813. The first-order valence-electron chi connectivity index (χ1n) is 8.09. The summed E-state index contributed by atoms with van der Waals surface area (Å²) >= 11 is 0. The van der Waals surface area contributed by atoms with E-state index in [-0.39, 0.29) is 11.1 Å². The van der Waals surface area contributed by atoms with Gasteiger partial charge >= 0.3 is 0 Å². The topological polar surface area (TPSA) is 55.7 Å². The van der Waals surface area contributed by atoms with E-state index in [1.807, 2.05) is 37.4 Å². The maximum absolute atomic E-state index is 13.7. The summed E-state index contributed by atoms with van der Waals surface area (Å²) in [5.41, 5.74) is 2.20. The predicted molar refractivity (Wildman–Crippen MR) is 98.5 cm³/mol. The van der Waals surface area contributed by atoms with E-state index in [0.717, 1.165) is 18.5 Å². The lowest BCUT2D eigenvalue weighted by atomic mass is 10.0. The Labute approximate surface area is 143 Å². The monoisotopic (exact) mass is 350 g/mol. The van der Waals surface area contributed by atoms with Crippen molar-refractivity contribution < 1.29 is 13.5 Å². The van der Waals surface area contributed by atoms with E-state index in [1.165, 1.54) is 12.1 Å². The average molecular weight is 350 g/mol. The summed E-state index contributed by atoms with van der Waals surface area (Å²) in [6.07, 6.45) is 1.98. The Kier molecular flexibility index (Phi) is 5.10. The van der Waals surface area contributed by atoms with Crippen molar-refractivity contribution >= 4 is 22.2 Å². The van der Waals surface area contributed by atoms with E-state index in [9.17, 15) is 13.5 Å². The highest BCUT2D eigenvalue weighted by molar-refractivity contribution is 8.26. The van der Waals surface area contributed by atoms with Crippen LogP contribution in [-0.2, 0) is 6.42 Å². The van der Waals surface area contributed by atoms with E-state index in [1.54, 1.807) is 10.4 Å². The van der Waals surface area contributed by atoms with Gasteiger partial charge in [-0.1, -0.05) is 18.2 Å². The summed E-state index contributed by atoms with van der Waals surface area (Å²) in [5, 5.41) is 2.76. The molecular weight excluding hydrogens is 327 g/mol. The SMILES string of the molecule is CNCCCC1Cc2cc(F)ccc2N(c2ccccc2)S1(O)O. The molecule has 0 bridgehead atoms. The average Bonchev–Trinajstić information content (AvgIpc) is 2.56. The quantitative estimate of drug-likeness (QED) is 0.692. The first-order valence-corrected chi connectivity index (χ1v) is 9.66. The van der Waals surface area contributed by atoms with Crippen LogP contribution in [0.25, 0.3) is 0 Å². The summed E-state index contributed by atoms with van der Waals surface area (Å²) in [4.78, 5) is 0. The van der Waals surface area contributed by atoms with Crippen molar-refractivity contribution in [2.45, 2.75) is 24.5 Å². The maximum Gasteiger partial charge on any atom is 0.123 e. The zero-order valence-corrected chi connectivity index (χ0v) is 14.5. The minimum atomic E-state index is -3.04. The van der Waals surface area contributed by atoms with Crippen molar-refractivity contribution in [2.24, 2.45) is 0 Å². The normalized spacial score (nSPS) is 20.5. The van der Waals surface area contributed by atoms with Gasteiger partial charge in [-0.05, 0) is 68.8 Å². The predicted octanol–water partition coefficient (Wildman–Crippen LogP) is 4.55. The lowest BCUT2D eigenvalue weighted by Crippen LogP contribution is -2.38. The molecule has 0 aromatic heterocycles. The van der Waals surface area contributed by atoms with Crippen molar-refractivity contribution in [1.82, 2.24) is 5.32 Å². The first-order chi connectivity index (χ1) is 11.5. The van der Waals surface area contributed by atoms with E-state index >= 15 is 0 Å². The summed E-state index contributed by atoms with van der Waals surface area (Å²) < 4.78 is 37.3. The fraction of sp³-hybridized carbons (Fsp3) is 0.333. The molecule has 3 N–H and O–H groups in total. The summed E-state index contributed by atoms with van der Waals surface area (Å²) in [7, 11) is -1.17. The highest BCUT2D eigenvalue weighted by atomic mass is 32.3. The number of nitrogens with zero attached hydrogens (tertiary/aromatic N) is 1. The third kappa shape index (κ3) is 3.28. The molecule has 1 atom stereocenters. The second-order valence-electron chi connectivity index (χ2n) is 6.04. The Bertz CT molecular complexity index is 697. The maximum atomic E-state index is 13.7. The second-order valence-corrected chi connectivity index (χ2v) is 8.19. The van der Waals surface area contributed by atoms with Crippen molar-refractivity contribution in [3.63, 3.8) is 0 Å². The highest BCUT2D eigenvalue weighted by Crippen LogP contribution is 2.60. The second kappa shape index (κ2) is 7.11. The van der Waals surface area contributed by atoms with Crippen LogP contribution in [0.4, 0.5) is 15.8 Å². The van der Waals surface area contributed by atoms with Crippen LogP contribution in [0.1, 0.15) is 18.4 Å². The molecule has 0 amide bonds. The molecule has 0 spiro atoms. The molecule has 4 nitrogen and oxygen atoms in total. The molecule has 1 heterocycles. The summed E-state index contributed by atoms with van der Waals surface area (Å²) in [5.74, 6) is -0.297. The third-order valence-corrected chi connectivity index (χ3v) is 6.61. The Hall–Kier alpha value is -1.60. The van der Waals surface area contributed by atoms with E-state index < -0.39 is 10.8 Å². The fourth-order valence-electron chi connectivity index (χ4n) is 3.19. The van der Waals surface area contributed by atoms with E-state index in [2.05, 4.69) is 5.32 Å². The number of anilines is 2. The van der Waals surface area contributed by atoms with Gasteiger partial charge in [-0.2, -0.15) is 0 Å². The van der Waals surface area contributed by atoms with Gasteiger partial charge in [0.25, 0.3) is 0 Å². The van der Waals surface area contributed by atoms with Crippen molar-refractivity contribution in [3.8, 4) is 0 Å². The number of hydrogen-bond donors (Lipinski definition) is 3. The van der Waals surface area contributed by atoms with Crippen LogP contribution >= 0.6 is 10.8 Å². The van der Waals surface area contributed by atoms with Crippen molar-refractivity contribution in [1.29, 1.82) is 0 Å². The Morgan fingerprint density at radius 2 is 1.96 bits per heavy atom. The zero-order valence-electron chi connectivity index (χ0n) is 13.7. The van der Waals surface area contributed by atoms with Gasteiger partial charge in [0.05, 0.1) is 16.6 Å². The molecule has 1 unspecified atom stereocenters. The van der Waals surface area contributed by atoms with E-state index in [0.29, 0.717) is 24.2 Å². The van der Waals surface area contributed by atoms with Crippen LogP contribution < -0.4 is 9.62 Å². The van der Waals surface area contributed by atoms with Gasteiger partial charge in [0.2, 0.25) is 0 Å². The number of hydrogen-bond acceptors (Lipinski definition) is 4. The van der Waals surface area contributed by atoms with Crippen LogP contribution in [0.15, 0.2) is 48.5 Å². The number of para-hydroxylation sites is 1. The Balaban J connectivity index is 2.03. The molecule has 1 aliphatic rings. The molecule has 0 saturated carbocycles. The zero-order chi connectivity index (χ0) is 17.2. The molecule has 2 aromatic rings. The van der Waals surface area contributed by atoms with Gasteiger partial charge in [0, 0.05) is 0 Å². The van der Waals surface area contributed by atoms with Gasteiger partial charge in [-0.15, -0.1) is 10.8 Å². The smallest absolute Gasteiger partial charge is 0.123 e. The number of halogens is 1. The number of nitrogens with one attached hydrogen (secondary N) is 1. The minimum Gasteiger partial charge on any atom is -0.320 e. The van der Waals surface area contributed by atoms with Gasteiger partial charge in [0.1, 0.15) is 5.82 Å². The van der Waals surface area contributed by atoms with Gasteiger partial charge in [-0.25, -0.2) is 8.70 Å². The molecule has 24 heavy (non-hydrogen) atoms. The van der Waals surface area contributed by atoms with Crippen LogP contribution in [0, 0.1) is 5.82 Å². The Morgan fingerprint density at radius 1 is 1.21 bits per heavy atom. The molecular formula is C18H23FN2O2S. The van der Waals surface area contributed by atoms with Crippen LogP contribution in [0.2, 0.25) is 0 Å². The van der Waals surface area contributed by atoms with Crippen molar-refractivity contribution in [2.75, 3.05) is 17.9 Å². The van der Waals surface area contributed by atoms with Crippen LogP contribution in [-0.4, -0.2) is 27.9 Å². The molecule has 3 rings (SSSR count). The first kappa shape index (κ1) is 17.2. The molecule has 0 aliphatic carbocycles.